The molecule has 3 aromatic rings. The fraction of sp³-hybridized carbons (Fsp3) is 0.188. The van der Waals surface area contributed by atoms with Crippen LogP contribution in [-0.4, -0.2) is 10.5 Å². The number of anilines is 1. The molecule has 0 spiro atoms. The summed E-state index contributed by atoms with van der Waals surface area (Å²) in [6, 6.07) is 9.20. The van der Waals surface area contributed by atoms with E-state index in [0.717, 1.165) is 10.2 Å². The van der Waals surface area contributed by atoms with Gasteiger partial charge in [0, 0.05) is 11.7 Å². The number of thiophene rings is 1. The second-order valence-electron chi connectivity index (χ2n) is 5.25. The number of benzene rings is 1. The first-order valence-electron chi connectivity index (χ1n) is 6.82. The van der Waals surface area contributed by atoms with E-state index >= 15 is 0 Å². The van der Waals surface area contributed by atoms with Crippen LogP contribution in [0.2, 0.25) is 10.0 Å². The van der Waals surface area contributed by atoms with E-state index in [1.165, 1.54) is 0 Å². The molecule has 0 unspecified atom stereocenters. The summed E-state index contributed by atoms with van der Waals surface area (Å²) in [6.07, 6.45) is 0. The van der Waals surface area contributed by atoms with Crippen molar-refractivity contribution in [2.24, 2.45) is 0 Å². The van der Waals surface area contributed by atoms with E-state index in [0.29, 0.717) is 21.4 Å². The number of fused-ring (bicyclic) bond motifs is 1. The van der Waals surface area contributed by atoms with E-state index in [1.54, 1.807) is 29.5 Å². The Kier molecular flexibility index (Phi) is 4.17. The molecule has 2 aromatic heterocycles. The first kappa shape index (κ1) is 15.4. The standard InChI is InChI=1S/C16H14Cl2N2OS/c1-9(2)20-13-5-6-22-15(13)8-14(20)16(21)19-10-3-4-11(17)12(18)7-10/h3-9H,1-2H3,(H,19,21). The van der Waals surface area contributed by atoms with E-state index in [-0.39, 0.29) is 11.9 Å². The van der Waals surface area contributed by atoms with E-state index in [2.05, 4.69) is 19.2 Å². The molecule has 0 aliphatic carbocycles. The van der Waals surface area contributed by atoms with Gasteiger partial charge in [-0.3, -0.25) is 4.79 Å². The SMILES string of the molecule is CC(C)n1c(C(=O)Nc2ccc(Cl)c(Cl)c2)cc2sccc21. The first-order valence-corrected chi connectivity index (χ1v) is 8.46. The van der Waals surface area contributed by atoms with Crippen molar-refractivity contribution in [3.8, 4) is 0 Å². The zero-order valence-corrected chi connectivity index (χ0v) is 14.4. The Hall–Kier alpha value is -1.49. The number of nitrogens with one attached hydrogen (secondary N) is 1. The third-order valence-electron chi connectivity index (χ3n) is 3.39. The predicted octanol–water partition coefficient (Wildman–Crippen LogP) is 5.84. The third kappa shape index (κ3) is 2.74. The molecule has 0 saturated heterocycles. The molecule has 0 bridgehead atoms. The Balaban J connectivity index is 1.96. The molecule has 0 fully saturated rings. The number of nitrogens with zero attached hydrogens (tertiary/aromatic N) is 1. The molecule has 114 valence electrons. The average molecular weight is 353 g/mol. The van der Waals surface area contributed by atoms with Crippen LogP contribution < -0.4 is 5.32 Å². The van der Waals surface area contributed by atoms with Crippen molar-refractivity contribution >= 4 is 56.3 Å². The Morgan fingerprint density at radius 2 is 1.95 bits per heavy atom. The molecule has 0 aliphatic heterocycles. The first-order chi connectivity index (χ1) is 10.5. The monoisotopic (exact) mass is 352 g/mol. The molecule has 1 aromatic carbocycles. The second-order valence-corrected chi connectivity index (χ2v) is 7.01. The number of hydrogen-bond donors (Lipinski definition) is 1. The van der Waals surface area contributed by atoms with Crippen LogP contribution in [0.5, 0.6) is 0 Å². The van der Waals surface area contributed by atoms with Crippen molar-refractivity contribution in [3.05, 3.63) is 51.5 Å². The Labute approximate surface area is 142 Å². The van der Waals surface area contributed by atoms with E-state index < -0.39 is 0 Å². The minimum absolute atomic E-state index is 0.157. The molecule has 22 heavy (non-hydrogen) atoms. The van der Waals surface area contributed by atoms with Crippen molar-refractivity contribution in [1.82, 2.24) is 4.57 Å². The summed E-state index contributed by atoms with van der Waals surface area (Å²) in [4.78, 5) is 12.6. The van der Waals surface area contributed by atoms with E-state index in [1.807, 2.05) is 22.1 Å². The number of carbonyl (C=O) groups is 1. The molecular weight excluding hydrogens is 339 g/mol. The number of hydrogen-bond acceptors (Lipinski definition) is 2. The lowest BCUT2D eigenvalue weighted by atomic mass is 10.3. The number of amides is 1. The van der Waals surface area contributed by atoms with Gasteiger partial charge in [0.25, 0.3) is 5.91 Å². The van der Waals surface area contributed by atoms with Gasteiger partial charge >= 0.3 is 0 Å². The second kappa shape index (κ2) is 5.95. The molecule has 1 N–H and O–H groups in total. The molecular formula is C16H14Cl2N2OS. The van der Waals surface area contributed by atoms with Gasteiger partial charge in [-0.2, -0.15) is 0 Å². The lowest BCUT2D eigenvalue weighted by Gasteiger charge is -2.14. The van der Waals surface area contributed by atoms with Crippen LogP contribution in [0.25, 0.3) is 10.2 Å². The Bertz CT molecular complexity index is 851. The highest BCUT2D eigenvalue weighted by molar-refractivity contribution is 7.17. The van der Waals surface area contributed by atoms with Crippen LogP contribution in [0.3, 0.4) is 0 Å². The summed E-state index contributed by atoms with van der Waals surface area (Å²) >= 11 is 13.5. The van der Waals surface area contributed by atoms with Crippen molar-refractivity contribution in [2.45, 2.75) is 19.9 Å². The van der Waals surface area contributed by atoms with Gasteiger partial charge < -0.3 is 9.88 Å². The molecule has 0 radical (unpaired) electrons. The van der Waals surface area contributed by atoms with Gasteiger partial charge in [-0.15, -0.1) is 11.3 Å². The number of halogens is 2. The van der Waals surface area contributed by atoms with Crippen LogP contribution in [0, 0.1) is 0 Å². The Morgan fingerprint density at radius 3 is 2.64 bits per heavy atom. The number of aromatic nitrogens is 1. The molecule has 3 nitrogen and oxygen atoms in total. The fourth-order valence-electron chi connectivity index (χ4n) is 2.45. The Morgan fingerprint density at radius 1 is 1.18 bits per heavy atom. The van der Waals surface area contributed by atoms with Crippen molar-refractivity contribution < 1.29 is 4.79 Å². The van der Waals surface area contributed by atoms with Crippen molar-refractivity contribution in [2.75, 3.05) is 5.32 Å². The van der Waals surface area contributed by atoms with Gasteiger partial charge in [-0.25, -0.2) is 0 Å². The highest BCUT2D eigenvalue weighted by Crippen LogP contribution is 2.30. The minimum Gasteiger partial charge on any atom is -0.333 e. The normalized spacial score (nSPS) is 11.3. The van der Waals surface area contributed by atoms with Crippen molar-refractivity contribution in [3.63, 3.8) is 0 Å². The predicted molar refractivity (Wildman–Crippen MR) is 94.6 cm³/mol. The summed E-state index contributed by atoms with van der Waals surface area (Å²) in [5, 5.41) is 5.79. The molecule has 0 atom stereocenters. The molecule has 6 heteroatoms. The lowest BCUT2D eigenvalue weighted by molar-refractivity contribution is 0.101. The molecule has 0 aliphatic rings. The zero-order chi connectivity index (χ0) is 15.9. The van der Waals surface area contributed by atoms with E-state index in [4.69, 9.17) is 23.2 Å². The maximum atomic E-state index is 12.6. The minimum atomic E-state index is -0.157. The molecule has 0 saturated carbocycles. The number of carbonyl (C=O) groups excluding carboxylic acids is 1. The van der Waals surface area contributed by atoms with E-state index in [9.17, 15) is 4.79 Å². The number of rotatable bonds is 3. The zero-order valence-electron chi connectivity index (χ0n) is 12.1. The smallest absolute Gasteiger partial charge is 0.272 e. The molecule has 1 amide bonds. The highest BCUT2D eigenvalue weighted by Gasteiger charge is 2.18. The van der Waals surface area contributed by atoms with Gasteiger partial charge in [0.2, 0.25) is 0 Å². The summed E-state index contributed by atoms with van der Waals surface area (Å²) < 4.78 is 3.14. The van der Waals surface area contributed by atoms with Gasteiger partial charge in [-0.1, -0.05) is 23.2 Å². The van der Waals surface area contributed by atoms with Gasteiger partial charge in [0.05, 0.1) is 20.3 Å². The average Bonchev–Trinajstić information content (AvgIpc) is 3.02. The van der Waals surface area contributed by atoms with Crippen molar-refractivity contribution in [1.29, 1.82) is 0 Å². The van der Waals surface area contributed by atoms with Gasteiger partial charge in [0.15, 0.2) is 0 Å². The van der Waals surface area contributed by atoms with Crippen LogP contribution in [0.4, 0.5) is 5.69 Å². The maximum absolute atomic E-state index is 12.6. The topological polar surface area (TPSA) is 34.0 Å². The summed E-state index contributed by atoms with van der Waals surface area (Å²) in [5.74, 6) is -0.157. The quantitative estimate of drug-likeness (QED) is 0.630. The fourth-order valence-corrected chi connectivity index (χ4v) is 3.55. The highest BCUT2D eigenvalue weighted by atomic mass is 35.5. The largest absolute Gasteiger partial charge is 0.333 e. The molecule has 3 rings (SSSR count). The summed E-state index contributed by atoms with van der Waals surface area (Å²) in [7, 11) is 0. The van der Waals surface area contributed by atoms with Gasteiger partial charge in [-0.05, 0) is 49.6 Å². The van der Waals surface area contributed by atoms with Crippen LogP contribution in [-0.2, 0) is 0 Å². The maximum Gasteiger partial charge on any atom is 0.272 e. The van der Waals surface area contributed by atoms with Gasteiger partial charge in [0.1, 0.15) is 5.69 Å². The third-order valence-corrected chi connectivity index (χ3v) is 4.98. The van der Waals surface area contributed by atoms with Crippen LogP contribution in [0.1, 0.15) is 30.4 Å². The molecule has 2 heterocycles. The van der Waals surface area contributed by atoms with Crippen LogP contribution in [0.15, 0.2) is 35.7 Å². The summed E-state index contributed by atoms with van der Waals surface area (Å²) in [6.45, 7) is 4.13. The summed E-state index contributed by atoms with van der Waals surface area (Å²) in [5.41, 5.74) is 2.35. The van der Waals surface area contributed by atoms with Crippen LogP contribution >= 0.6 is 34.5 Å². The lowest BCUT2D eigenvalue weighted by Crippen LogP contribution is -2.18.